The summed E-state index contributed by atoms with van der Waals surface area (Å²) in [6.07, 6.45) is -2.39. The predicted octanol–water partition coefficient (Wildman–Crippen LogP) is -1.27. The van der Waals surface area contributed by atoms with Crippen LogP contribution in [-0.2, 0) is 9.53 Å². The number of benzene rings is 1. The number of carbonyl (C=O) groups excluding carboxylic acids is 1. The van der Waals surface area contributed by atoms with E-state index in [0.717, 1.165) is 6.08 Å². The summed E-state index contributed by atoms with van der Waals surface area (Å²) in [4.78, 5) is 11.4. The molecule has 6 N–H and O–H groups in total. The molecular weight excluding hydrogens is 296 g/mol. The molecule has 0 bridgehead atoms. The van der Waals surface area contributed by atoms with Gasteiger partial charge in [-0.1, -0.05) is 6.07 Å². The summed E-state index contributed by atoms with van der Waals surface area (Å²) in [5, 5.41) is 54.9. The van der Waals surface area contributed by atoms with E-state index in [9.17, 15) is 20.1 Å². The Balaban J connectivity index is 2.49. The number of phenols is 2. The van der Waals surface area contributed by atoms with E-state index in [4.69, 9.17) is 15.3 Å². The molecule has 0 amide bonds. The lowest BCUT2D eigenvalue weighted by Crippen LogP contribution is -2.42. The number of aliphatic hydroxyl groups excluding tert-OH is 4. The van der Waals surface area contributed by atoms with Gasteiger partial charge in [0.15, 0.2) is 11.5 Å². The molecular formula is C14H18O8. The van der Waals surface area contributed by atoms with Gasteiger partial charge < -0.3 is 35.4 Å². The maximum absolute atomic E-state index is 11.4. The van der Waals surface area contributed by atoms with Crippen LogP contribution in [0.25, 0.3) is 6.08 Å². The number of carbonyl (C=O) groups is 1. The molecule has 0 fully saturated rings. The van der Waals surface area contributed by atoms with Crippen molar-refractivity contribution in [1.82, 2.24) is 0 Å². The van der Waals surface area contributed by atoms with Crippen LogP contribution in [0, 0.1) is 0 Å². The molecule has 0 aliphatic rings. The first-order valence-corrected chi connectivity index (χ1v) is 6.37. The Hall–Kier alpha value is -2.13. The fourth-order valence-corrected chi connectivity index (χ4v) is 1.49. The predicted molar refractivity (Wildman–Crippen MR) is 74.9 cm³/mol. The van der Waals surface area contributed by atoms with Crippen molar-refractivity contribution in [2.75, 3.05) is 13.2 Å². The highest BCUT2D eigenvalue weighted by atomic mass is 16.5. The van der Waals surface area contributed by atoms with Crippen LogP contribution in [0.4, 0.5) is 0 Å². The van der Waals surface area contributed by atoms with E-state index in [1.165, 1.54) is 24.3 Å². The first kappa shape index (κ1) is 17.9. The van der Waals surface area contributed by atoms with Gasteiger partial charge in [0.2, 0.25) is 0 Å². The summed E-state index contributed by atoms with van der Waals surface area (Å²) < 4.78 is 4.65. The van der Waals surface area contributed by atoms with Crippen molar-refractivity contribution in [3.05, 3.63) is 29.8 Å². The molecule has 0 aliphatic heterocycles. The Labute approximate surface area is 126 Å². The zero-order valence-electron chi connectivity index (χ0n) is 11.5. The summed E-state index contributed by atoms with van der Waals surface area (Å²) >= 11 is 0. The SMILES string of the molecule is O=C(C=Cc1ccc(O)c(O)c1)OCC(O)C(O)C(O)CO. The molecule has 22 heavy (non-hydrogen) atoms. The van der Waals surface area contributed by atoms with Crippen LogP contribution in [0.2, 0.25) is 0 Å². The van der Waals surface area contributed by atoms with Crippen LogP contribution in [0.3, 0.4) is 0 Å². The standard InChI is InChI=1S/C14H18O8/c15-6-11(18)14(21)12(19)7-22-13(20)4-2-8-1-3-9(16)10(17)5-8/h1-5,11-12,14-19,21H,6-7H2. The van der Waals surface area contributed by atoms with Crippen molar-refractivity contribution >= 4 is 12.0 Å². The number of rotatable bonds is 7. The molecule has 0 aliphatic carbocycles. The van der Waals surface area contributed by atoms with E-state index < -0.39 is 37.5 Å². The molecule has 3 atom stereocenters. The number of aromatic hydroxyl groups is 2. The van der Waals surface area contributed by atoms with Gasteiger partial charge in [0, 0.05) is 6.08 Å². The molecule has 0 spiro atoms. The Bertz CT molecular complexity index is 528. The quantitative estimate of drug-likeness (QED) is 0.207. The Morgan fingerprint density at radius 1 is 1.14 bits per heavy atom. The third-order valence-electron chi connectivity index (χ3n) is 2.78. The summed E-state index contributed by atoms with van der Waals surface area (Å²) in [7, 11) is 0. The van der Waals surface area contributed by atoms with Crippen molar-refractivity contribution in [2.45, 2.75) is 18.3 Å². The average molecular weight is 314 g/mol. The summed E-state index contributed by atoms with van der Waals surface area (Å²) in [5.74, 6) is -1.45. The molecule has 0 aromatic heterocycles. The van der Waals surface area contributed by atoms with Gasteiger partial charge in [-0.25, -0.2) is 4.79 Å². The minimum atomic E-state index is -1.64. The van der Waals surface area contributed by atoms with E-state index in [2.05, 4.69) is 4.74 Å². The lowest BCUT2D eigenvalue weighted by molar-refractivity contribution is -0.146. The molecule has 0 saturated heterocycles. The van der Waals surface area contributed by atoms with Gasteiger partial charge in [-0.15, -0.1) is 0 Å². The van der Waals surface area contributed by atoms with Gasteiger partial charge in [0.1, 0.15) is 24.9 Å². The molecule has 0 heterocycles. The van der Waals surface area contributed by atoms with Gasteiger partial charge in [0.05, 0.1) is 6.61 Å². The largest absolute Gasteiger partial charge is 0.504 e. The zero-order valence-corrected chi connectivity index (χ0v) is 11.5. The van der Waals surface area contributed by atoms with Crippen LogP contribution >= 0.6 is 0 Å². The average Bonchev–Trinajstić information content (AvgIpc) is 2.52. The summed E-state index contributed by atoms with van der Waals surface area (Å²) in [6.45, 7) is -1.31. The highest BCUT2D eigenvalue weighted by molar-refractivity contribution is 5.87. The molecule has 8 heteroatoms. The molecule has 8 nitrogen and oxygen atoms in total. The van der Waals surface area contributed by atoms with Crippen LogP contribution in [-0.4, -0.2) is 68.1 Å². The monoisotopic (exact) mass is 314 g/mol. The zero-order chi connectivity index (χ0) is 16.7. The Morgan fingerprint density at radius 2 is 1.82 bits per heavy atom. The molecule has 0 saturated carbocycles. The lowest BCUT2D eigenvalue weighted by atomic mass is 10.1. The van der Waals surface area contributed by atoms with Gasteiger partial charge in [0.25, 0.3) is 0 Å². The van der Waals surface area contributed by atoms with Crippen molar-refractivity contribution in [2.24, 2.45) is 0 Å². The molecule has 1 rings (SSSR count). The fourth-order valence-electron chi connectivity index (χ4n) is 1.49. The fraction of sp³-hybridized carbons (Fsp3) is 0.357. The van der Waals surface area contributed by atoms with Crippen molar-refractivity contribution in [3.63, 3.8) is 0 Å². The highest BCUT2D eigenvalue weighted by Gasteiger charge is 2.24. The molecule has 1 aromatic rings. The minimum Gasteiger partial charge on any atom is -0.504 e. The summed E-state index contributed by atoms with van der Waals surface area (Å²) in [6, 6.07) is 3.93. The Kier molecular flexibility index (Phi) is 6.80. The van der Waals surface area contributed by atoms with E-state index in [0.29, 0.717) is 5.56 Å². The molecule has 0 radical (unpaired) electrons. The number of aliphatic hydroxyl groups is 4. The Morgan fingerprint density at radius 3 is 2.41 bits per heavy atom. The second-order valence-electron chi connectivity index (χ2n) is 4.52. The smallest absolute Gasteiger partial charge is 0.330 e. The van der Waals surface area contributed by atoms with Gasteiger partial charge in [-0.2, -0.15) is 0 Å². The topological polar surface area (TPSA) is 148 Å². The van der Waals surface area contributed by atoms with E-state index in [1.54, 1.807) is 0 Å². The van der Waals surface area contributed by atoms with Crippen LogP contribution in [0.15, 0.2) is 24.3 Å². The lowest BCUT2D eigenvalue weighted by Gasteiger charge is -2.20. The molecule has 3 unspecified atom stereocenters. The van der Waals surface area contributed by atoms with Crippen LogP contribution in [0.5, 0.6) is 11.5 Å². The van der Waals surface area contributed by atoms with E-state index in [-0.39, 0.29) is 11.5 Å². The molecule has 122 valence electrons. The van der Waals surface area contributed by atoms with Gasteiger partial charge >= 0.3 is 5.97 Å². The number of hydrogen-bond acceptors (Lipinski definition) is 8. The third-order valence-corrected chi connectivity index (χ3v) is 2.78. The van der Waals surface area contributed by atoms with E-state index in [1.807, 2.05) is 0 Å². The normalized spacial score (nSPS) is 15.5. The van der Waals surface area contributed by atoms with Gasteiger partial charge in [-0.05, 0) is 23.8 Å². The minimum absolute atomic E-state index is 0.292. The number of esters is 1. The van der Waals surface area contributed by atoms with Crippen LogP contribution in [0.1, 0.15) is 5.56 Å². The maximum atomic E-state index is 11.4. The molecule has 1 aromatic carbocycles. The highest BCUT2D eigenvalue weighted by Crippen LogP contribution is 2.25. The number of phenolic OH excluding ortho intramolecular Hbond substituents is 2. The second-order valence-corrected chi connectivity index (χ2v) is 4.52. The third kappa shape index (κ3) is 5.34. The van der Waals surface area contributed by atoms with Crippen molar-refractivity contribution < 1.29 is 40.2 Å². The first-order valence-electron chi connectivity index (χ1n) is 6.37. The second kappa shape index (κ2) is 8.35. The van der Waals surface area contributed by atoms with Crippen molar-refractivity contribution in [1.29, 1.82) is 0 Å². The van der Waals surface area contributed by atoms with Crippen LogP contribution < -0.4 is 0 Å². The van der Waals surface area contributed by atoms with E-state index >= 15 is 0 Å². The number of hydrogen-bond donors (Lipinski definition) is 6. The first-order chi connectivity index (χ1) is 10.3. The van der Waals surface area contributed by atoms with Crippen molar-refractivity contribution in [3.8, 4) is 11.5 Å². The maximum Gasteiger partial charge on any atom is 0.330 e. The number of ether oxygens (including phenoxy) is 1. The summed E-state index contributed by atoms with van der Waals surface area (Å²) in [5.41, 5.74) is 0.434. The van der Waals surface area contributed by atoms with Gasteiger partial charge in [-0.3, -0.25) is 0 Å².